The van der Waals surface area contributed by atoms with Crippen LogP contribution in [-0.2, 0) is 28.2 Å². The molecule has 0 aromatic carbocycles. The van der Waals surface area contributed by atoms with Gasteiger partial charge in [-0.2, -0.15) is 5.10 Å². The van der Waals surface area contributed by atoms with E-state index in [1.54, 1.807) is 62.3 Å². The molecule has 6 aromatic rings. The second-order valence-electron chi connectivity index (χ2n) is 10.5. The van der Waals surface area contributed by atoms with Crippen LogP contribution in [0.4, 0.5) is 0 Å². The highest BCUT2D eigenvalue weighted by atomic mass is 16.3. The summed E-state index contributed by atoms with van der Waals surface area (Å²) in [6.45, 7) is 4.67. The summed E-state index contributed by atoms with van der Waals surface area (Å²) in [6.07, 6.45) is 20.6. The minimum Gasteiger partial charge on any atom is -0.507 e. The molecule has 6 heterocycles. The van der Waals surface area contributed by atoms with Crippen molar-refractivity contribution >= 4 is 28.9 Å². The molecule has 0 radical (unpaired) electrons. The molecular weight excluding hydrogens is 612 g/mol. The Bertz CT molecular complexity index is 1820. The van der Waals surface area contributed by atoms with Crippen molar-refractivity contribution in [1.82, 2.24) is 38.4 Å². The van der Waals surface area contributed by atoms with Crippen LogP contribution in [-0.4, -0.2) is 66.7 Å². The van der Waals surface area contributed by atoms with E-state index in [-0.39, 0.29) is 28.9 Å². The first-order valence-corrected chi connectivity index (χ1v) is 14.7. The molecule has 13 nitrogen and oxygen atoms in total. The lowest BCUT2D eigenvalue weighted by molar-refractivity contribution is 0.100. The van der Waals surface area contributed by atoms with Crippen molar-refractivity contribution in [2.24, 2.45) is 28.2 Å². The number of aromatic nitrogens is 8. The maximum absolute atomic E-state index is 11.5. The number of nitrogens with zero attached hydrogens (tertiary/aromatic N) is 6. The first-order chi connectivity index (χ1) is 22.8. The Morgan fingerprint density at radius 2 is 1.15 bits per heavy atom. The molecular formula is C35H42N8O5. The number of ketones is 4. The van der Waals surface area contributed by atoms with Crippen LogP contribution in [0, 0.1) is 0 Å². The number of aromatic amines is 2. The summed E-state index contributed by atoms with van der Waals surface area (Å²) >= 11 is 0. The lowest BCUT2D eigenvalue weighted by Gasteiger charge is -1.94. The van der Waals surface area contributed by atoms with E-state index in [2.05, 4.69) is 20.2 Å². The maximum atomic E-state index is 11.5. The molecule has 0 fully saturated rings. The van der Waals surface area contributed by atoms with Gasteiger partial charge in [0.05, 0.1) is 0 Å². The maximum Gasteiger partial charge on any atom is 0.226 e. The first-order valence-electron chi connectivity index (χ1n) is 14.7. The molecule has 0 unspecified atom stereocenters. The summed E-state index contributed by atoms with van der Waals surface area (Å²) in [5.74, 6) is -0.0687. The zero-order chi connectivity index (χ0) is 35.6. The van der Waals surface area contributed by atoms with Crippen molar-refractivity contribution in [1.29, 1.82) is 0 Å². The topological polar surface area (TPSA) is 166 Å². The molecule has 0 saturated carbocycles. The fourth-order valence-corrected chi connectivity index (χ4v) is 3.64. The van der Waals surface area contributed by atoms with Gasteiger partial charge in [-0.3, -0.25) is 24.3 Å². The SMILES string of the molecule is CC(=O)c1cc[nH]c1.CC(=O)c1ccn(C)c1.CC(=O)c1ccn(C)c1.Cn1ccc(C(O)=CC(=O)c2ncn[nH]2)c1.Cn1cccc1. The quantitative estimate of drug-likeness (QED) is 0.119. The number of aryl methyl sites for hydroxylation is 4. The molecule has 6 aromatic heterocycles. The average molecular weight is 655 g/mol. The molecule has 13 heteroatoms. The van der Waals surface area contributed by atoms with Crippen LogP contribution >= 0.6 is 0 Å². The molecule has 0 amide bonds. The molecule has 0 bridgehead atoms. The van der Waals surface area contributed by atoms with E-state index < -0.39 is 5.78 Å². The fourth-order valence-electron chi connectivity index (χ4n) is 3.64. The van der Waals surface area contributed by atoms with Gasteiger partial charge in [0.15, 0.2) is 23.2 Å². The molecule has 48 heavy (non-hydrogen) atoms. The van der Waals surface area contributed by atoms with Crippen LogP contribution in [0.25, 0.3) is 5.76 Å². The van der Waals surface area contributed by atoms with Crippen LogP contribution in [0.3, 0.4) is 0 Å². The standard InChI is InChI=1S/C10H10N4O2.2C7H9NO.C6H7NO.C5H7N/c1-14-3-2-7(5-14)8(15)4-9(16)10-11-6-12-13-10;2*1-6(9)7-3-4-8(2)5-7;1-5(8)6-2-3-7-4-6;1-6-4-2-3-5-6/h2-6,15H,1H3,(H,11,12,13);2*3-5H,1-2H3;2-4,7H,1H3;2-5H,1H3. The Morgan fingerprint density at radius 3 is 1.42 bits per heavy atom. The summed E-state index contributed by atoms with van der Waals surface area (Å²) in [6, 6.07) is 11.1. The Hall–Kier alpha value is -6.24. The zero-order valence-corrected chi connectivity index (χ0v) is 28.2. The highest BCUT2D eigenvalue weighted by Crippen LogP contribution is 2.11. The molecule has 6 rings (SSSR count). The van der Waals surface area contributed by atoms with Crippen LogP contribution < -0.4 is 0 Å². The van der Waals surface area contributed by atoms with Crippen molar-refractivity contribution in [3.05, 3.63) is 139 Å². The van der Waals surface area contributed by atoms with Gasteiger partial charge in [0, 0.05) is 118 Å². The van der Waals surface area contributed by atoms with E-state index in [9.17, 15) is 24.3 Å². The molecule has 0 aliphatic carbocycles. The normalized spacial score (nSPS) is 10.1. The second-order valence-corrected chi connectivity index (χ2v) is 10.5. The number of aliphatic hydroxyl groups is 1. The van der Waals surface area contributed by atoms with Crippen molar-refractivity contribution < 1.29 is 24.3 Å². The predicted molar refractivity (Wildman–Crippen MR) is 184 cm³/mol. The number of carbonyl (C=O) groups is 4. The van der Waals surface area contributed by atoms with Crippen LogP contribution in [0.1, 0.15) is 68.0 Å². The number of H-pyrrole nitrogens is 2. The molecule has 0 saturated heterocycles. The van der Waals surface area contributed by atoms with E-state index in [1.165, 1.54) is 6.33 Å². The Morgan fingerprint density at radius 1 is 0.667 bits per heavy atom. The molecule has 252 valence electrons. The Balaban J connectivity index is 0.000000218. The number of aliphatic hydroxyl groups excluding tert-OH is 1. The molecule has 0 aliphatic rings. The van der Waals surface area contributed by atoms with Gasteiger partial charge in [-0.25, -0.2) is 4.98 Å². The molecule has 0 spiro atoms. The average Bonchev–Trinajstić information content (AvgIpc) is 3.88. The summed E-state index contributed by atoms with van der Waals surface area (Å²) in [5, 5.41) is 15.7. The highest BCUT2D eigenvalue weighted by Gasteiger charge is 2.09. The number of carbonyl (C=O) groups excluding carboxylic acids is 4. The van der Waals surface area contributed by atoms with E-state index >= 15 is 0 Å². The van der Waals surface area contributed by atoms with Crippen LogP contribution in [0.5, 0.6) is 0 Å². The van der Waals surface area contributed by atoms with Crippen molar-refractivity contribution in [2.45, 2.75) is 20.8 Å². The lowest BCUT2D eigenvalue weighted by atomic mass is 10.2. The number of hydrogen-bond acceptors (Lipinski definition) is 7. The molecule has 0 atom stereocenters. The third kappa shape index (κ3) is 13.8. The minimum atomic E-state index is -0.418. The van der Waals surface area contributed by atoms with Gasteiger partial charge in [0.2, 0.25) is 5.78 Å². The summed E-state index contributed by atoms with van der Waals surface area (Å²) in [4.78, 5) is 49.8. The lowest BCUT2D eigenvalue weighted by Crippen LogP contribution is -1.99. The minimum absolute atomic E-state index is 0.0954. The largest absolute Gasteiger partial charge is 0.507 e. The zero-order valence-electron chi connectivity index (χ0n) is 28.2. The van der Waals surface area contributed by atoms with E-state index in [0.29, 0.717) is 5.56 Å². The third-order valence-corrected chi connectivity index (χ3v) is 6.28. The summed E-state index contributed by atoms with van der Waals surface area (Å²) in [7, 11) is 7.62. The Kier molecular flexibility index (Phi) is 15.3. The van der Waals surface area contributed by atoms with Crippen LogP contribution in [0.2, 0.25) is 0 Å². The second kappa shape index (κ2) is 19.3. The van der Waals surface area contributed by atoms with Gasteiger partial charge in [-0.1, -0.05) is 0 Å². The highest BCUT2D eigenvalue weighted by molar-refractivity contribution is 6.05. The number of allylic oxidation sites excluding steroid dienone is 1. The first kappa shape index (κ1) is 37.9. The van der Waals surface area contributed by atoms with Gasteiger partial charge in [0.1, 0.15) is 12.1 Å². The summed E-state index contributed by atoms with van der Waals surface area (Å²) in [5.41, 5.74) is 2.87. The molecule has 0 aliphatic heterocycles. The number of rotatable bonds is 6. The van der Waals surface area contributed by atoms with E-state index in [1.807, 2.05) is 103 Å². The number of Topliss-reactive ketones (excluding diaryl/α,β-unsaturated/α-hetero) is 3. The van der Waals surface area contributed by atoms with Crippen LogP contribution in [0.15, 0.2) is 111 Å². The van der Waals surface area contributed by atoms with Crippen molar-refractivity contribution in [2.75, 3.05) is 0 Å². The van der Waals surface area contributed by atoms with E-state index in [0.717, 1.165) is 22.8 Å². The van der Waals surface area contributed by atoms with Crippen molar-refractivity contribution in [3.63, 3.8) is 0 Å². The van der Waals surface area contributed by atoms with Gasteiger partial charge in [-0.05, 0) is 57.2 Å². The summed E-state index contributed by atoms with van der Waals surface area (Å²) < 4.78 is 7.49. The van der Waals surface area contributed by atoms with Gasteiger partial charge in [-0.15, -0.1) is 0 Å². The van der Waals surface area contributed by atoms with Gasteiger partial charge >= 0.3 is 0 Å². The van der Waals surface area contributed by atoms with E-state index in [4.69, 9.17) is 0 Å². The smallest absolute Gasteiger partial charge is 0.226 e. The van der Waals surface area contributed by atoms with Gasteiger partial charge in [0.25, 0.3) is 0 Å². The predicted octanol–water partition coefficient (Wildman–Crippen LogP) is 5.62. The third-order valence-electron chi connectivity index (χ3n) is 6.28. The van der Waals surface area contributed by atoms with Gasteiger partial charge < -0.3 is 28.4 Å². The molecule has 3 N–H and O–H groups in total. The monoisotopic (exact) mass is 654 g/mol. The number of nitrogens with one attached hydrogen (secondary N) is 2. The van der Waals surface area contributed by atoms with Crippen molar-refractivity contribution in [3.8, 4) is 0 Å². The number of hydrogen-bond donors (Lipinski definition) is 3. The Labute approximate surface area is 279 Å². The fraction of sp³-hybridized carbons (Fsp3) is 0.200.